The van der Waals surface area contributed by atoms with Gasteiger partial charge in [0.05, 0.1) is 11.5 Å². The van der Waals surface area contributed by atoms with Crippen LogP contribution in [0.5, 0.6) is 0 Å². The lowest BCUT2D eigenvalue weighted by Gasteiger charge is -2.44. The van der Waals surface area contributed by atoms with Crippen LogP contribution in [0.3, 0.4) is 0 Å². The van der Waals surface area contributed by atoms with E-state index in [1.54, 1.807) is 0 Å². The van der Waals surface area contributed by atoms with Crippen molar-refractivity contribution in [3.63, 3.8) is 0 Å². The standard InChI is InChI=1S/C23H36O2/c1-7-22(8-2)15-17(11-13-19(22)24)21(5,6)18-12-14-20(25)23(9-3,10-4)16-18/h11-14,24-25H,7-10,15-16H2,1-6H3. The molecular formula is C23H36O2. The molecule has 0 fully saturated rings. The average molecular weight is 345 g/mol. The summed E-state index contributed by atoms with van der Waals surface area (Å²) in [4.78, 5) is 0. The molecule has 0 bridgehead atoms. The SMILES string of the molecule is CCC1(CC)CC(C(C)(C)C2=CC=C(O)C(CC)(CC)C2)=CC=C1O. The third-order valence-corrected chi connectivity index (χ3v) is 7.34. The maximum absolute atomic E-state index is 10.5. The number of aliphatic hydroxyl groups excluding tert-OH is 2. The Morgan fingerprint density at radius 1 is 0.720 bits per heavy atom. The number of rotatable bonds is 6. The van der Waals surface area contributed by atoms with Crippen molar-refractivity contribution in [3.05, 3.63) is 47.0 Å². The Morgan fingerprint density at radius 3 is 1.32 bits per heavy atom. The molecule has 0 radical (unpaired) electrons. The van der Waals surface area contributed by atoms with Gasteiger partial charge in [-0.15, -0.1) is 0 Å². The molecule has 2 N–H and O–H groups in total. The van der Waals surface area contributed by atoms with Crippen LogP contribution in [0.2, 0.25) is 0 Å². The molecule has 2 aliphatic carbocycles. The molecule has 0 saturated carbocycles. The van der Waals surface area contributed by atoms with Gasteiger partial charge in [0.25, 0.3) is 0 Å². The summed E-state index contributed by atoms with van der Waals surface area (Å²) in [6.07, 6.45) is 13.7. The Bertz CT molecular complexity index is 566. The fourth-order valence-electron chi connectivity index (χ4n) is 4.53. The Kier molecular flexibility index (Phi) is 5.61. The molecule has 25 heavy (non-hydrogen) atoms. The molecule has 0 unspecified atom stereocenters. The topological polar surface area (TPSA) is 40.5 Å². The molecular weight excluding hydrogens is 308 g/mol. The minimum atomic E-state index is -0.124. The van der Waals surface area contributed by atoms with Gasteiger partial charge in [-0.2, -0.15) is 0 Å². The van der Waals surface area contributed by atoms with Crippen LogP contribution in [0.1, 0.15) is 80.1 Å². The Morgan fingerprint density at radius 2 is 1.04 bits per heavy atom. The van der Waals surface area contributed by atoms with Crippen LogP contribution in [0.15, 0.2) is 47.0 Å². The first-order chi connectivity index (χ1) is 11.7. The summed E-state index contributed by atoms with van der Waals surface area (Å²) in [7, 11) is 0. The van der Waals surface area contributed by atoms with Crippen molar-refractivity contribution in [2.24, 2.45) is 16.2 Å². The van der Waals surface area contributed by atoms with Crippen molar-refractivity contribution < 1.29 is 10.2 Å². The van der Waals surface area contributed by atoms with Gasteiger partial charge in [0.1, 0.15) is 0 Å². The molecule has 0 aromatic carbocycles. The summed E-state index contributed by atoms with van der Waals surface area (Å²) in [6, 6.07) is 0. The lowest BCUT2D eigenvalue weighted by molar-refractivity contribution is 0.177. The predicted octanol–water partition coefficient (Wildman–Crippen LogP) is 7.17. The van der Waals surface area contributed by atoms with Crippen molar-refractivity contribution in [1.29, 1.82) is 0 Å². The van der Waals surface area contributed by atoms with Gasteiger partial charge in [0.15, 0.2) is 0 Å². The van der Waals surface area contributed by atoms with Crippen LogP contribution in [-0.2, 0) is 0 Å². The minimum absolute atomic E-state index is 0.0699. The molecule has 2 aliphatic rings. The first-order valence-electron chi connectivity index (χ1n) is 9.93. The third kappa shape index (κ3) is 3.20. The second-order valence-electron chi connectivity index (χ2n) is 8.44. The van der Waals surface area contributed by atoms with E-state index in [0.717, 1.165) is 38.5 Å². The van der Waals surface area contributed by atoms with Gasteiger partial charge in [0, 0.05) is 16.2 Å². The molecule has 2 rings (SSSR count). The van der Waals surface area contributed by atoms with E-state index in [-0.39, 0.29) is 16.2 Å². The minimum Gasteiger partial charge on any atom is -0.512 e. The quantitative estimate of drug-likeness (QED) is 0.536. The number of hydrogen-bond donors (Lipinski definition) is 2. The van der Waals surface area contributed by atoms with Crippen LogP contribution in [-0.4, -0.2) is 10.2 Å². The van der Waals surface area contributed by atoms with E-state index in [4.69, 9.17) is 0 Å². The van der Waals surface area contributed by atoms with E-state index in [0.29, 0.717) is 11.5 Å². The largest absolute Gasteiger partial charge is 0.512 e. The van der Waals surface area contributed by atoms with E-state index in [1.165, 1.54) is 11.1 Å². The first-order valence-corrected chi connectivity index (χ1v) is 9.93. The second-order valence-corrected chi connectivity index (χ2v) is 8.44. The highest BCUT2D eigenvalue weighted by molar-refractivity contribution is 5.40. The fourth-order valence-corrected chi connectivity index (χ4v) is 4.53. The molecule has 0 aromatic rings. The Hall–Kier alpha value is -1.44. The van der Waals surface area contributed by atoms with E-state index in [2.05, 4.69) is 53.7 Å². The fraction of sp³-hybridized carbons (Fsp3) is 0.652. The number of allylic oxidation sites excluding steroid dienone is 8. The van der Waals surface area contributed by atoms with E-state index >= 15 is 0 Å². The van der Waals surface area contributed by atoms with Crippen molar-refractivity contribution >= 4 is 0 Å². The third-order valence-electron chi connectivity index (χ3n) is 7.34. The van der Waals surface area contributed by atoms with Gasteiger partial charge in [-0.1, -0.05) is 64.8 Å². The smallest absolute Gasteiger partial charge is 0.0987 e. The lowest BCUT2D eigenvalue weighted by atomic mass is 9.61. The maximum Gasteiger partial charge on any atom is 0.0987 e. The normalized spacial score (nSPS) is 22.6. The van der Waals surface area contributed by atoms with Gasteiger partial charge in [0.2, 0.25) is 0 Å². The van der Waals surface area contributed by atoms with Crippen LogP contribution < -0.4 is 0 Å². The summed E-state index contributed by atoms with van der Waals surface area (Å²) in [5, 5.41) is 20.9. The van der Waals surface area contributed by atoms with Crippen LogP contribution in [0.4, 0.5) is 0 Å². The summed E-state index contributed by atoms with van der Waals surface area (Å²) in [6.45, 7) is 13.3. The maximum atomic E-state index is 10.5. The molecule has 0 atom stereocenters. The molecule has 0 amide bonds. The zero-order valence-electron chi connectivity index (χ0n) is 16.9. The lowest BCUT2D eigenvalue weighted by Crippen LogP contribution is -2.33. The highest BCUT2D eigenvalue weighted by atomic mass is 16.3. The summed E-state index contributed by atoms with van der Waals surface area (Å²) >= 11 is 0. The molecule has 0 aromatic heterocycles. The van der Waals surface area contributed by atoms with Crippen LogP contribution in [0, 0.1) is 16.2 Å². The highest BCUT2D eigenvalue weighted by Gasteiger charge is 2.42. The molecule has 0 heterocycles. The molecule has 140 valence electrons. The van der Waals surface area contributed by atoms with Gasteiger partial charge in [-0.3, -0.25) is 0 Å². The van der Waals surface area contributed by atoms with Crippen molar-refractivity contribution in [2.75, 3.05) is 0 Å². The highest BCUT2D eigenvalue weighted by Crippen LogP contribution is 2.53. The van der Waals surface area contributed by atoms with Crippen LogP contribution in [0.25, 0.3) is 0 Å². The van der Waals surface area contributed by atoms with Gasteiger partial charge >= 0.3 is 0 Å². The van der Waals surface area contributed by atoms with E-state index in [1.807, 2.05) is 12.2 Å². The Labute approximate surface area is 154 Å². The van der Waals surface area contributed by atoms with E-state index < -0.39 is 0 Å². The molecule has 2 heteroatoms. The van der Waals surface area contributed by atoms with Crippen LogP contribution >= 0.6 is 0 Å². The average Bonchev–Trinajstić information content (AvgIpc) is 2.62. The Balaban J connectivity index is 2.40. The molecule has 2 nitrogen and oxygen atoms in total. The van der Waals surface area contributed by atoms with Gasteiger partial charge < -0.3 is 10.2 Å². The van der Waals surface area contributed by atoms with Crippen molar-refractivity contribution in [2.45, 2.75) is 80.1 Å². The second kappa shape index (κ2) is 7.05. The summed E-state index contributed by atoms with van der Waals surface area (Å²) in [5.74, 6) is 1.06. The van der Waals surface area contributed by atoms with Crippen molar-refractivity contribution in [1.82, 2.24) is 0 Å². The number of aliphatic hydroxyl groups is 2. The molecule has 0 saturated heterocycles. The number of hydrogen-bond acceptors (Lipinski definition) is 2. The first kappa shape index (κ1) is 19.9. The summed E-state index contributed by atoms with van der Waals surface area (Å²) < 4.78 is 0. The molecule has 0 aliphatic heterocycles. The van der Waals surface area contributed by atoms with Gasteiger partial charge in [-0.05, 0) is 50.7 Å². The molecule has 0 spiro atoms. The zero-order valence-corrected chi connectivity index (χ0v) is 16.9. The predicted molar refractivity (Wildman–Crippen MR) is 107 cm³/mol. The zero-order chi connectivity index (χ0) is 18.9. The summed E-state index contributed by atoms with van der Waals surface area (Å²) in [5.41, 5.74) is 2.45. The van der Waals surface area contributed by atoms with Crippen molar-refractivity contribution in [3.8, 4) is 0 Å². The van der Waals surface area contributed by atoms with E-state index in [9.17, 15) is 10.2 Å². The van der Waals surface area contributed by atoms with Gasteiger partial charge in [-0.25, -0.2) is 0 Å². The monoisotopic (exact) mass is 344 g/mol.